The number of rotatable bonds is 4. The molecule has 0 bridgehead atoms. The molecule has 0 unspecified atom stereocenters. The van der Waals surface area contributed by atoms with Gasteiger partial charge >= 0.3 is 5.97 Å². The Kier molecular flexibility index (Phi) is 5.18. The number of nitrogens with zero attached hydrogens (tertiary/aromatic N) is 1. The smallest absolute Gasteiger partial charge is 0.347 e. The standard InChI is InChI=1S/C18H18FNO4/c1-11-5-6-12(17(21)20(2)3)9-16(11)24-18(22)14-10-13(19)7-8-15(14)23-4/h5-10H,1-4H3. The van der Waals surface area contributed by atoms with E-state index in [1.54, 1.807) is 33.2 Å². The van der Waals surface area contributed by atoms with Gasteiger partial charge in [-0.3, -0.25) is 4.79 Å². The first-order valence-electron chi connectivity index (χ1n) is 7.21. The predicted molar refractivity (Wildman–Crippen MR) is 87.1 cm³/mol. The van der Waals surface area contributed by atoms with Crippen LogP contribution in [0.1, 0.15) is 26.3 Å². The first-order chi connectivity index (χ1) is 11.3. The second-order valence-electron chi connectivity index (χ2n) is 5.41. The molecule has 0 fully saturated rings. The second-order valence-corrected chi connectivity index (χ2v) is 5.41. The molecule has 0 saturated carbocycles. The normalized spacial score (nSPS) is 10.2. The Labute approximate surface area is 139 Å². The topological polar surface area (TPSA) is 55.8 Å². The van der Waals surface area contributed by atoms with Gasteiger partial charge in [-0.15, -0.1) is 0 Å². The van der Waals surface area contributed by atoms with E-state index in [0.29, 0.717) is 11.1 Å². The van der Waals surface area contributed by atoms with E-state index in [0.717, 1.165) is 6.07 Å². The Morgan fingerprint density at radius 1 is 1.04 bits per heavy atom. The second kappa shape index (κ2) is 7.12. The molecular weight excluding hydrogens is 313 g/mol. The molecule has 0 spiro atoms. The number of ether oxygens (including phenoxy) is 2. The zero-order chi connectivity index (χ0) is 17.9. The minimum Gasteiger partial charge on any atom is -0.496 e. The summed E-state index contributed by atoms with van der Waals surface area (Å²) in [5.41, 5.74) is 1.04. The quantitative estimate of drug-likeness (QED) is 0.638. The molecule has 2 aromatic carbocycles. The van der Waals surface area contributed by atoms with Gasteiger partial charge in [0.25, 0.3) is 5.91 Å². The number of hydrogen-bond acceptors (Lipinski definition) is 4. The maximum Gasteiger partial charge on any atom is 0.347 e. The number of hydrogen-bond donors (Lipinski definition) is 0. The summed E-state index contributed by atoms with van der Waals surface area (Å²) in [6, 6.07) is 8.41. The van der Waals surface area contributed by atoms with Gasteiger partial charge < -0.3 is 14.4 Å². The van der Waals surface area contributed by atoms with Crippen LogP contribution in [0, 0.1) is 12.7 Å². The van der Waals surface area contributed by atoms with Crippen molar-refractivity contribution in [3.05, 3.63) is 58.9 Å². The van der Waals surface area contributed by atoms with Crippen molar-refractivity contribution in [2.24, 2.45) is 0 Å². The van der Waals surface area contributed by atoms with Crippen LogP contribution < -0.4 is 9.47 Å². The first-order valence-corrected chi connectivity index (χ1v) is 7.21. The largest absolute Gasteiger partial charge is 0.496 e. The van der Waals surface area contributed by atoms with Gasteiger partial charge in [0.1, 0.15) is 22.9 Å². The summed E-state index contributed by atoms with van der Waals surface area (Å²) in [5.74, 6) is -1.10. The van der Waals surface area contributed by atoms with Crippen molar-refractivity contribution in [3.8, 4) is 11.5 Å². The van der Waals surface area contributed by atoms with Crippen molar-refractivity contribution in [3.63, 3.8) is 0 Å². The van der Waals surface area contributed by atoms with E-state index in [2.05, 4.69) is 0 Å². The fraction of sp³-hybridized carbons (Fsp3) is 0.222. The molecule has 0 aromatic heterocycles. The molecule has 0 saturated heterocycles. The number of aryl methyl sites for hydroxylation is 1. The van der Waals surface area contributed by atoms with Crippen molar-refractivity contribution < 1.29 is 23.5 Å². The number of amides is 1. The fourth-order valence-corrected chi connectivity index (χ4v) is 2.10. The molecule has 0 aliphatic carbocycles. The van der Waals surface area contributed by atoms with Crippen LogP contribution in [-0.2, 0) is 0 Å². The highest BCUT2D eigenvalue weighted by Crippen LogP contribution is 2.25. The van der Waals surface area contributed by atoms with Crippen molar-refractivity contribution in [1.29, 1.82) is 0 Å². The molecular formula is C18H18FNO4. The monoisotopic (exact) mass is 331 g/mol. The minimum atomic E-state index is -0.760. The summed E-state index contributed by atoms with van der Waals surface area (Å²) in [6.07, 6.45) is 0. The van der Waals surface area contributed by atoms with Crippen LogP contribution in [-0.4, -0.2) is 38.0 Å². The Hall–Kier alpha value is -2.89. The average Bonchev–Trinajstić information content (AvgIpc) is 2.55. The maximum atomic E-state index is 13.4. The van der Waals surface area contributed by atoms with Crippen LogP contribution in [0.25, 0.3) is 0 Å². The number of halogens is 1. The third kappa shape index (κ3) is 3.71. The van der Waals surface area contributed by atoms with Gasteiger partial charge in [-0.25, -0.2) is 9.18 Å². The molecule has 0 aliphatic heterocycles. The molecule has 0 N–H and O–H groups in total. The molecule has 5 nitrogen and oxygen atoms in total. The summed E-state index contributed by atoms with van der Waals surface area (Å²) < 4.78 is 23.8. The molecule has 0 atom stereocenters. The molecule has 0 aliphatic rings. The molecule has 1 amide bonds. The van der Waals surface area contributed by atoms with Crippen LogP contribution in [0.3, 0.4) is 0 Å². The highest BCUT2D eigenvalue weighted by atomic mass is 19.1. The first kappa shape index (κ1) is 17.5. The van der Waals surface area contributed by atoms with E-state index < -0.39 is 11.8 Å². The zero-order valence-corrected chi connectivity index (χ0v) is 13.9. The minimum absolute atomic E-state index is 0.0266. The van der Waals surface area contributed by atoms with E-state index in [-0.39, 0.29) is 23.0 Å². The fourth-order valence-electron chi connectivity index (χ4n) is 2.10. The number of carbonyl (C=O) groups is 2. The van der Waals surface area contributed by atoms with Crippen molar-refractivity contribution in [2.75, 3.05) is 21.2 Å². The van der Waals surface area contributed by atoms with E-state index in [1.807, 2.05) is 0 Å². The molecule has 0 radical (unpaired) electrons. The lowest BCUT2D eigenvalue weighted by atomic mass is 10.1. The van der Waals surface area contributed by atoms with Crippen LogP contribution in [0.5, 0.6) is 11.5 Å². The van der Waals surface area contributed by atoms with Crippen LogP contribution in [0.4, 0.5) is 4.39 Å². The van der Waals surface area contributed by atoms with E-state index in [4.69, 9.17) is 9.47 Å². The molecule has 2 rings (SSSR count). The van der Waals surface area contributed by atoms with Gasteiger partial charge in [0.05, 0.1) is 7.11 Å². The Morgan fingerprint density at radius 2 is 1.75 bits per heavy atom. The lowest BCUT2D eigenvalue weighted by Gasteiger charge is -2.13. The number of methoxy groups -OCH3 is 1. The molecule has 126 valence electrons. The highest BCUT2D eigenvalue weighted by molar-refractivity contribution is 5.96. The zero-order valence-electron chi connectivity index (χ0n) is 13.9. The lowest BCUT2D eigenvalue weighted by Crippen LogP contribution is -2.21. The summed E-state index contributed by atoms with van der Waals surface area (Å²) in [7, 11) is 4.64. The van der Waals surface area contributed by atoms with Gasteiger partial charge in [-0.05, 0) is 42.8 Å². The Balaban J connectivity index is 2.34. The van der Waals surface area contributed by atoms with E-state index in [1.165, 1.54) is 30.2 Å². The van der Waals surface area contributed by atoms with Gasteiger partial charge in [0, 0.05) is 19.7 Å². The molecule has 0 heterocycles. The predicted octanol–water partition coefficient (Wildman–Crippen LogP) is 3.06. The third-order valence-electron chi connectivity index (χ3n) is 3.43. The Morgan fingerprint density at radius 3 is 2.38 bits per heavy atom. The average molecular weight is 331 g/mol. The highest BCUT2D eigenvalue weighted by Gasteiger charge is 2.18. The molecule has 24 heavy (non-hydrogen) atoms. The number of esters is 1. The third-order valence-corrected chi connectivity index (χ3v) is 3.43. The summed E-state index contributed by atoms with van der Waals surface area (Å²) in [6.45, 7) is 1.75. The van der Waals surface area contributed by atoms with E-state index in [9.17, 15) is 14.0 Å². The van der Waals surface area contributed by atoms with Crippen molar-refractivity contribution in [1.82, 2.24) is 4.90 Å². The maximum absolute atomic E-state index is 13.4. The molecule has 6 heteroatoms. The van der Waals surface area contributed by atoms with Crippen LogP contribution in [0.15, 0.2) is 36.4 Å². The van der Waals surface area contributed by atoms with Gasteiger partial charge in [-0.2, -0.15) is 0 Å². The summed E-state index contributed by atoms with van der Waals surface area (Å²) in [4.78, 5) is 25.8. The van der Waals surface area contributed by atoms with Gasteiger partial charge in [-0.1, -0.05) is 6.07 Å². The van der Waals surface area contributed by atoms with Gasteiger partial charge in [0.15, 0.2) is 0 Å². The lowest BCUT2D eigenvalue weighted by molar-refractivity contribution is 0.0726. The Bertz CT molecular complexity index is 787. The summed E-state index contributed by atoms with van der Waals surface area (Å²) in [5, 5.41) is 0. The van der Waals surface area contributed by atoms with E-state index >= 15 is 0 Å². The van der Waals surface area contributed by atoms with Crippen LogP contribution >= 0.6 is 0 Å². The summed E-state index contributed by atoms with van der Waals surface area (Å²) >= 11 is 0. The van der Waals surface area contributed by atoms with Gasteiger partial charge in [0.2, 0.25) is 0 Å². The van der Waals surface area contributed by atoms with Crippen LogP contribution in [0.2, 0.25) is 0 Å². The molecule has 2 aromatic rings. The number of carbonyl (C=O) groups excluding carboxylic acids is 2. The van der Waals surface area contributed by atoms with Crippen molar-refractivity contribution >= 4 is 11.9 Å². The van der Waals surface area contributed by atoms with Crippen molar-refractivity contribution in [2.45, 2.75) is 6.92 Å². The SMILES string of the molecule is COc1ccc(F)cc1C(=O)Oc1cc(C(=O)N(C)C)ccc1C. The number of benzene rings is 2.